The number of rotatable bonds is 4. The summed E-state index contributed by atoms with van der Waals surface area (Å²) < 4.78 is 4.48. The van der Waals surface area contributed by atoms with Crippen LogP contribution in [0.3, 0.4) is 0 Å². The van der Waals surface area contributed by atoms with E-state index in [1.165, 1.54) is 0 Å². The zero-order valence-electron chi connectivity index (χ0n) is 5.51. The third-order valence-corrected chi connectivity index (χ3v) is 1.35. The molecular weight excluding hydrogens is 171 g/mol. The Hall–Kier alpha value is -0.620. The van der Waals surface area contributed by atoms with E-state index in [2.05, 4.69) is 25.1 Å². The summed E-state index contributed by atoms with van der Waals surface area (Å²) in [4.78, 5) is 16.6. The molecular formula is C3H7N4O3P. The molecule has 0 saturated carbocycles. The standard InChI is InChI=1S/C3H7N4O3P/c8-11(9)10-2-1-3-4-6-7-5-3/h8-9H,1-2H2,(H,4,5,6,7). The Kier molecular flexibility index (Phi) is 3.31. The fourth-order valence-electron chi connectivity index (χ4n) is 0.509. The van der Waals surface area contributed by atoms with Gasteiger partial charge in [0.05, 0.1) is 6.61 Å². The highest BCUT2D eigenvalue weighted by atomic mass is 31.2. The van der Waals surface area contributed by atoms with Crippen LogP contribution >= 0.6 is 8.60 Å². The van der Waals surface area contributed by atoms with Gasteiger partial charge >= 0.3 is 8.60 Å². The molecule has 1 rings (SSSR count). The summed E-state index contributed by atoms with van der Waals surface area (Å²) in [7, 11) is -2.26. The Morgan fingerprint density at radius 1 is 1.55 bits per heavy atom. The van der Waals surface area contributed by atoms with Gasteiger partial charge < -0.3 is 14.3 Å². The van der Waals surface area contributed by atoms with Crippen LogP contribution in [0, 0.1) is 0 Å². The van der Waals surface area contributed by atoms with E-state index < -0.39 is 8.60 Å². The minimum absolute atomic E-state index is 0.190. The molecule has 0 saturated heterocycles. The molecule has 0 aliphatic rings. The molecule has 0 amide bonds. The summed E-state index contributed by atoms with van der Waals surface area (Å²) in [6.45, 7) is 0.190. The summed E-state index contributed by atoms with van der Waals surface area (Å²) in [6.07, 6.45) is 0.437. The molecule has 3 N–H and O–H groups in total. The van der Waals surface area contributed by atoms with E-state index in [0.29, 0.717) is 12.2 Å². The Morgan fingerprint density at radius 2 is 2.36 bits per heavy atom. The van der Waals surface area contributed by atoms with Crippen LogP contribution in [0.5, 0.6) is 0 Å². The van der Waals surface area contributed by atoms with E-state index in [4.69, 9.17) is 9.79 Å². The third kappa shape index (κ3) is 3.33. The summed E-state index contributed by atoms with van der Waals surface area (Å²) in [6, 6.07) is 0. The van der Waals surface area contributed by atoms with Gasteiger partial charge in [-0.05, 0) is 10.4 Å². The summed E-state index contributed by atoms with van der Waals surface area (Å²) in [5.41, 5.74) is 0. The minimum atomic E-state index is -2.26. The van der Waals surface area contributed by atoms with Crippen molar-refractivity contribution in [2.45, 2.75) is 6.42 Å². The van der Waals surface area contributed by atoms with Crippen molar-refractivity contribution in [1.82, 2.24) is 20.6 Å². The predicted molar refractivity (Wildman–Crippen MR) is 35.2 cm³/mol. The Morgan fingerprint density at radius 3 is 2.91 bits per heavy atom. The SMILES string of the molecule is OP(O)OCCc1nnn[nH]1. The molecule has 1 heterocycles. The van der Waals surface area contributed by atoms with Gasteiger partial charge in [-0.2, -0.15) is 0 Å². The maximum absolute atomic E-state index is 8.32. The lowest BCUT2D eigenvalue weighted by atomic mass is 10.4. The fourth-order valence-corrected chi connectivity index (χ4v) is 0.763. The average molecular weight is 178 g/mol. The zero-order chi connectivity index (χ0) is 8.10. The van der Waals surface area contributed by atoms with Crippen molar-refractivity contribution >= 4 is 8.60 Å². The fraction of sp³-hybridized carbons (Fsp3) is 0.667. The van der Waals surface area contributed by atoms with Gasteiger partial charge in [-0.25, -0.2) is 5.10 Å². The number of nitrogens with zero attached hydrogens (tertiary/aromatic N) is 3. The van der Waals surface area contributed by atoms with Crippen molar-refractivity contribution in [3.8, 4) is 0 Å². The Bertz CT molecular complexity index is 190. The third-order valence-electron chi connectivity index (χ3n) is 0.935. The normalized spacial score (nSPS) is 10.8. The predicted octanol–water partition coefficient (Wildman–Crippen LogP) is -1.03. The molecule has 0 aliphatic heterocycles. The van der Waals surface area contributed by atoms with Crippen LogP contribution in [0.4, 0.5) is 0 Å². The van der Waals surface area contributed by atoms with E-state index in [-0.39, 0.29) is 6.61 Å². The number of hydrogen-bond donors (Lipinski definition) is 3. The maximum Gasteiger partial charge on any atom is 0.327 e. The highest BCUT2D eigenvalue weighted by Crippen LogP contribution is 2.23. The van der Waals surface area contributed by atoms with E-state index in [9.17, 15) is 0 Å². The second kappa shape index (κ2) is 4.30. The van der Waals surface area contributed by atoms with Crippen molar-refractivity contribution in [1.29, 1.82) is 0 Å². The van der Waals surface area contributed by atoms with Crippen LogP contribution < -0.4 is 0 Å². The lowest BCUT2D eigenvalue weighted by Crippen LogP contribution is -1.96. The van der Waals surface area contributed by atoms with Crippen LogP contribution in [0.15, 0.2) is 0 Å². The highest BCUT2D eigenvalue weighted by molar-refractivity contribution is 7.39. The number of aromatic nitrogens is 4. The van der Waals surface area contributed by atoms with E-state index in [1.54, 1.807) is 0 Å². The van der Waals surface area contributed by atoms with Gasteiger partial charge in [-0.3, -0.25) is 0 Å². The van der Waals surface area contributed by atoms with Crippen LogP contribution in [-0.4, -0.2) is 37.0 Å². The largest absolute Gasteiger partial charge is 0.328 e. The molecule has 7 nitrogen and oxygen atoms in total. The molecule has 11 heavy (non-hydrogen) atoms. The molecule has 0 fully saturated rings. The zero-order valence-corrected chi connectivity index (χ0v) is 6.40. The Balaban J connectivity index is 2.14. The minimum Gasteiger partial charge on any atom is -0.328 e. The molecule has 0 unspecified atom stereocenters. The van der Waals surface area contributed by atoms with Crippen LogP contribution in [-0.2, 0) is 10.9 Å². The van der Waals surface area contributed by atoms with Gasteiger partial charge in [0.15, 0.2) is 5.82 Å². The van der Waals surface area contributed by atoms with E-state index in [1.807, 2.05) is 0 Å². The van der Waals surface area contributed by atoms with Gasteiger partial charge in [0, 0.05) is 6.42 Å². The van der Waals surface area contributed by atoms with Crippen molar-refractivity contribution in [2.75, 3.05) is 6.61 Å². The first kappa shape index (κ1) is 8.48. The monoisotopic (exact) mass is 178 g/mol. The molecule has 0 radical (unpaired) electrons. The second-order valence-electron chi connectivity index (χ2n) is 1.68. The van der Waals surface area contributed by atoms with Crippen LogP contribution in [0.25, 0.3) is 0 Å². The molecule has 1 aromatic rings. The quantitative estimate of drug-likeness (QED) is 0.509. The average Bonchev–Trinajstić information content (AvgIpc) is 2.39. The lowest BCUT2D eigenvalue weighted by Gasteiger charge is -1.99. The van der Waals surface area contributed by atoms with Crippen LogP contribution in [0.2, 0.25) is 0 Å². The topological polar surface area (TPSA) is 104 Å². The van der Waals surface area contributed by atoms with Gasteiger partial charge in [-0.1, -0.05) is 0 Å². The first-order valence-electron chi connectivity index (χ1n) is 2.82. The summed E-state index contributed by atoms with van der Waals surface area (Å²) in [5, 5.41) is 12.7. The Labute approximate surface area is 63.4 Å². The molecule has 0 aromatic carbocycles. The number of hydrogen-bond acceptors (Lipinski definition) is 6. The van der Waals surface area contributed by atoms with Gasteiger partial charge in [0.2, 0.25) is 0 Å². The molecule has 62 valence electrons. The van der Waals surface area contributed by atoms with Crippen molar-refractivity contribution in [3.63, 3.8) is 0 Å². The summed E-state index contributed by atoms with van der Waals surface area (Å²) >= 11 is 0. The van der Waals surface area contributed by atoms with Gasteiger partial charge in [0.25, 0.3) is 0 Å². The second-order valence-corrected chi connectivity index (χ2v) is 2.45. The molecule has 1 aromatic heterocycles. The first-order valence-corrected chi connectivity index (χ1v) is 3.99. The summed E-state index contributed by atoms with van der Waals surface area (Å²) in [5.74, 6) is 0.557. The van der Waals surface area contributed by atoms with E-state index in [0.717, 1.165) is 0 Å². The highest BCUT2D eigenvalue weighted by Gasteiger charge is 2.00. The number of nitrogens with one attached hydrogen (secondary N) is 1. The molecule has 8 heteroatoms. The van der Waals surface area contributed by atoms with Crippen molar-refractivity contribution in [3.05, 3.63) is 5.82 Å². The van der Waals surface area contributed by atoms with Crippen molar-refractivity contribution < 1.29 is 14.3 Å². The molecule has 0 atom stereocenters. The first-order chi connectivity index (χ1) is 5.29. The number of tetrazole rings is 1. The molecule has 0 spiro atoms. The van der Waals surface area contributed by atoms with Gasteiger partial charge in [0.1, 0.15) is 0 Å². The van der Waals surface area contributed by atoms with Gasteiger partial charge in [-0.15, -0.1) is 5.10 Å². The molecule has 0 aliphatic carbocycles. The smallest absolute Gasteiger partial charge is 0.327 e. The lowest BCUT2D eigenvalue weighted by molar-refractivity contribution is 0.256. The van der Waals surface area contributed by atoms with E-state index >= 15 is 0 Å². The van der Waals surface area contributed by atoms with Crippen molar-refractivity contribution in [2.24, 2.45) is 0 Å². The molecule has 0 bridgehead atoms. The number of aromatic amines is 1. The number of H-pyrrole nitrogens is 1. The maximum atomic E-state index is 8.32. The van der Waals surface area contributed by atoms with Crippen LogP contribution in [0.1, 0.15) is 5.82 Å².